The first-order valence-corrected chi connectivity index (χ1v) is 3.12. The summed E-state index contributed by atoms with van der Waals surface area (Å²) in [5, 5.41) is 0. The molecule has 0 saturated heterocycles. The maximum atomic E-state index is 10.5. The van der Waals surface area contributed by atoms with E-state index in [0.717, 1.165) is 6.08 Å². The molecule has 0 unspecified atom stereocenters. The molecule has 66 valence electrons. The summed E-state index contributed by atoms with van der Waals surface area (Å²) in [4.78, 5) is 20.8. The molecule has 0 heterocycles. The molecule has 0 amide bonds. The topological polar surface area (TPSA) is 43.4 Å². The molecule has 0 bridgehead atoms. The number of ether oxygens (including phenoxy) is 1. The Morgan fingerprint density at radius 1 is 1.33 bits per heavy atom. The van der Waals surface area contributed by atoms with Crippen molar-refractivity contribution in [2.45, 2.75) is 6.92 Å². The predicted octanol–water partition coefficient (Wildman–Crippen LogP) is 1.62. The molecule has 0 rings (SSSR count). The highest BCUT2D eigenvalue weighted by Gasteiger charge is 2.06. The van der Waals surface area contributed by atoms with Gasteiger partial charge in [-0.1, -0.05) is 13.2 Å². The summed E-state index contributed by atoms with van der Waals surface area (Å²) in [7, 11) is 0. The number of carbonyl (C=O) groups is 2. The average molecular weight is 168 g/mol. The molecule has 12 heavy (non-hydrogen) atoms. The Morgan fingerprint density at radius 3 is 2.00 bits per heavy atom. The Labute approximate surface area is 72.0 Å². The molecule has 0 aromatic rings. The lowest BCUT2D eigenvalue weighted by Gasteiger charge is -1.95. The lowest BCUT2D eigenvalue weighted by atomic mass is 10.4. The van der Waals surface area contributed by atoms with Gasteiger partial charge in [-0.25, -0.2) is 9.59 Å². The highest BCUT2D eigenvalue weighted by molar-refractivity contribution is 5.98. The van der Waals surface area contributed by atoms with Crippen molar-refractivity contribution in [2.24, 2.45) is 0 Å². The maximum Gasteiger partial charge on any atom is 0.340 e. The molecule has 0 aromatic heterocycles. The van der Waals surface area contributed by atoms with Crippen LogP contribution >= 0.6 is 0 Å². The van der Waals surface area contributed by atoms with Gasteiger partial charge in [0.2, 0.25) is 0 Å². The second kappa shape index (κ2) is 7.47. The van der Waals surface area contributed by atoms with Gasteiger partial charge in [-0.15, -0.1) is 13.2 Å². The average Bonchev–Trinajstić information content (AvgIpc) is 2.07. The quantitative estimate of drug-likeness (QED) is 0.272. The lowest BCUT2D eigenvalue weighted by molar-refractivity contribution is -0.153. The molecular formula is C9H12O3. The van der Waals surface area contributed by atoms with Gasteiger partial charge in [0, 0.05) is 11.6 Å². The molecule has 0 radical (unpaired) electrons. The van der Waals surface area contributed by atoms with Crippen molar-refractivity contribution in [3.63, 3.8) is 0 Å². The molecular weight excluding hydrogens is 156 g/mol. The van der Waals surface area contributed by atoms with E-state index in [9.17, 15) is 9.59 Å². The molecule has 0 aliphatic carbocycles. The molecule has 3 nitrogen and oxygen atoms in total. The van der Waals surface area contributed by atoms with E-state index in [0.29, 0.717) is 0 Å². The van der Waals surface area contributed by atoms with Gasteiger partial charge >= 0.3 is 11.9 Å². The highest BCUT2D eigenvalue weighted by atomic mass is 16.6. The van der Waals surface area contributed by atoms with Gasteiger partial charge < -0.3 is 4.74 Å². The van der Waals surface area contributed by atoms with Crippen LogP contribution in [0.25, 0.3) is 0 Å². The molecule has 0 atom stereocenters. The fourth-order valence-corrected chi connectivity index (χ4v) is 0.220. The van der Waals surface area contributed by atoms with Crippen molar-refractivity contribution < 1.29 is 14.3 Å². The Hall–Kier alpha value is -1.64. The standard InChI is InChI=1S/C7H8O3.C2H4/c1-4-6(8)10-7(9)5(2)3;1-2/h4H,1-2H2,3H3;1-2H2. The van der Waals surface area contributed by atoms with E-state index < -0.39 is 11.9 Å². The zero-order chi connectivity index (χ0) is 10.1. The Balaban J connectivity index is 0. The number of rotatable bonds is 2. The normalized spacial score (nSPS) is 7.08. The first-order valence-electron chi connectivity index (χ1n) is 3.12. The molecule has 0 N–H and O–H groups in total. The SMILES string of the molecule is C=C.C=CC(=O)OC(=O)C(=C)C. The second-order valence-electron chi connectivity index (χ2n) is 1.69. The van der Waals surface area contributed by atoms with Crippen LogP contribution in [0.15, 0.2) is 38.0 Å². The van der Waals surface area contributed by atoms with Gasteiger partial charge in [-0.3, -0.25) is 0 Å². The first-order chi connectivity index (χ1) is 5.57. The first kappa shape index (κ1) is 13.0. The predicted molar refractivity (Wildman–Crippen MR) is 47.4 cm³/mol. The van der Waals surface area contributed by atoms with Crippen molar-refractivity contribution in [3.8, 4) is 0 Å². The number of hydrogen-bond acceptors (Lipinski definition) is 3. The highest BCUT2D eigenvalue weighted by Crippen LogP contribution is 1.92. The number of carbonyl (C=O) groups excluding carboxylic acids is 2. The van der Waals surface area contributed by atoms with Crippen molar-refractivity contribution in [1.82, 2.24) is 0 Å². The van der Waals surface area contributed by atoms with E-state index in [1.165, 1.54) is 6.92 Å². The summed E-state index contributed by atoms with van der Waals surface area (Å²) in [6.45, 7) is 13.9. The van der Waals surface area contributed by atoms with E-state index >= 15 is 0 Å². The van der Waals surface area contributed by atoms with Gasteiger partial charge in [0.1, 0.15) is 0 Å². The summed E-state index contributed by atoms with van der Waals surface area (Å²) < 4.78 is 4.17. The Morgan fingerprint density at radius 2 is 1.75 bits per heavy atom. The third-order valence-electron chi connectivity index (χ3n) is 0.708. The summed E-state index contributed by atoms with van der Waals surface area (Å²) in [6.07, 6.45) is 0.918. The summed E-state index contributed by atoms with van der Waals surface area (Å²) >= 11 is 0. The number of esters is 2. The lowest BCUT2D eigenvalue weighted by Crippen LogP contribution is -2.09. The molecule has 0 aliphatic rings. The zero-order valence-electron chi connectivity index (χ0n) is 7.13. The van der Waals surface area contributed by atoms with Crippen LogP contribution in [-0.4, -0.2) is 11.9 Å². The minimum atomic E-state index is -0.756. The molecule has 0 spiro atoms. The third kappa shape index (κ3) is 6.48. The van der Waals surface area contributed by atoms with Crippen molar-refractivity contribution in [3.05, 3.63) is 38.0 Å². The molecule has 0 fully saturated rings. The Bertz CT molecular complexity index is 204. The largest absolute Gasteiger partial charge is 0.386 e. The maximum absolute atomic E-state index is 10.5. The van der Waals surface area contributed by atoms with Crippen LogP contribution in [0.2, 0.25) is 0 Å². The van der Waals surface area contributed by atoms with Crippen LogP contribution in [0.5, 0.6) is 0 Å². The second-order valence-corrected chi connectivity index (χ2v) is 1.69. The summed E-state index contributed by atoms with van der Waals surface area (Å²) in [5.74, 6) is -1.47. The van der Waals surface area contributed by atoms with Crippen LogP contribution in [0.4, 0.5) is 0 Å². The van der Waals surface area contributed by atoms with Gasteiger partial charge in [0.05, 0.1) is 0 Å². The van der Waals surface area contributed by atoms with Gasteiger partial charge in [0.25, 0.3) is 0 Å². The van der Waals surface area contributed by atoms with E-state index in [1.54, 1.807) is 0 Å². The van der Waals surface area contributed by atoms with Gasteiger partial charge in [-0.2, -0.15) is 0 Å². The minimum Gasteiger partial charge on any atom is -0.386 e. The van der Waals surface area contributed by atoms with Crippen LogP contribution in [-0.2, 0) is 14.3 Å². The van der Waals surface area contributed by atoms with Crippen molar-refractivity contribution >= 4 is 11.9 Å². The van der Waals surface area contributed by atoms with E-state index in [-0.39, 0.29) is 5.57 Å². The molecule has 0 aromatic carbocycles. The molecule has 0 saturated carbocycles. The van der Waals surface area contributed by atoms with Crippen LogP contribution in [0, 0.1) is 0 Å². The molecule has 0 aliphatic heterocycles. The summed E-state index contributed by atoms with van der Waals surface area (Å²) in [5.41, 5.74) is 0.190. The Kier molecular flexibility index (Phi) is 8.08. The summed E-state index contributed by atoms with van der Waals surface area (Å²) in [6, 6.07) is 0. The third-order valence-corrected chi connectivity index (χ3v) is 0.708. The van der Waals surface area contributed by atoms with Crippen LogP contribution in [0.1, 0.15) is 6.92 Å². The smallest absolute Gasteiger partial charge is 0.340 e. The van der Waals surface area contributed by atoms with Crippen LogP contribution < -0.4 is 0 Å². The minimum absolute atomic E-state index is 0.190. The van der Waals surface area contributed by atoms with E-state index in [1.807, 2.05) is 0 Å². The molecule has 3 heteroatoms. The van der Waals surface area contributed by atoms with E-state index in [2.05, 4.69) is 31.1 Å². The van der Waals surface area contributed by atoms with Crippen molar-refractivity contribution in [2.75, 3.05) is 0 Å². The van der Waals surface area contributed by atoms with Crippen molar-refractivity contribution in [1.29, 1.82) is 0 Å². The fourth-order valence-electron chi connectivity index (χ4n) is 0.220. The van der Waals surface area contributed by atoms with Gasteiger partial charge in [-0.05, 0) is 6.92 Å². The fraction of sp³-hybridized carbons (Fsp3) is 0.111. The number of hydrogen-bond donors (Lipinski definition) is 0. The van der Waals surface area contributed by atoms with Crippen LogP contribution in [0.3, 0.4) is 0 Å². The van der Waals surface area contributed by atoms with E-state index in [4.69, 9.17) is 0 Å². The zero-order valence-corrected chi connectivity index (χ0v) is 7.13. The van der Waals surface area contributed by atoms with Gasteiger partial charge in [0.15, 0.2) is 0 Å². The monoisotopic (exact) mass is 168 g/mol.